The molecule has 0 aliphatic heterocycles. The van der Waals surface area contributed by atoms with Crippen molar-refractivity contribution in [2.24, 2.45) is 0 Å². The summed E-state index contributed by atoms with van der Waals surface area (Å²) in [5, 5.41) is 0. The van der Waals surface area contributed by atoms with Gasteiger partial charge in [0.05, 0.1) is 0 Å². The molecule has 0 radical (unpaired) electrons. The normalized spacial score (nSPS) is 16.0. The summed E-state index contributed by atoms with van der Waals surface area (Å²) in [5.41, 5.74) is 2.44. The van der Waals surface area contributed by atoms with Crippen molar-refractivity contribution in [3.63, 3.8) is 0 Å². The second-order valence-corrected chi connectivity index (χ2v) is 4.38. The van der Waals surface area contributed by atoms with Crippen LogP contribution in [0.15, 0.2) is 12.3 Å². The van der Waals surface area contributed by atoms with Crippen molar-refractivity contribution in [1.82, 2.24) is 4.98 Å². The molecule has 1 saturated carbocycles. The average molecular weight is 191 g/mol. The Morgan fingerprint density at radius 1 is 1.43 bits per heavy atom. The molecule has 0 atom stereocenters. The Balaban J connectivity index is 2.26. The molecule has 0 aromatic carbocycles. The van der Waals surface area contributed by atoms with Gasteiger partial charge < -0.3 is 4.74 Å². The Morgan fingerprint density at radius 2 is 2.14 bits per heavy atom. The van der Waals surface area contributed by atoms with Crippen LogP contribution in [0.4, 0.5) is 0 Å². The van der Waals surface area contributed by atoms with Crippen LogP contribution in [-0.2, 0) is 0 Å². The molecule has 14 heavy (non-hydrogen) atoms. The zero-order valence-electron chi connectivity index (χ0n) is 9.08. The molecule has 0 bridgehead atoms. The highest BCUT2D eigenvalue weighted by atomic mass is 16.5. The second-order valence-electron chi connectivity index (χ2n) is 4.38. The first-order valence-electron chi connectivity index (χ1n) is 5.30. The van der Waals surface area contributed by atoms with Crippen LogP contribution in [0.5, 0.6) is 5.88 Å². The molecule has 1 fully saturated rings. The highest BCUT2D eigenvalue weighted by molar-refractivity contribution is 5.32. The van der Waals surface area contributed by atoms with E-state index in [1.165, 1.54) is 24.0 Å². The van der Waals surface area contributed by atoms with Crippen molar-refractivity contribution >= 4 is 0 Å². The quantitative estimate of drug-likeness (QED) is 0.732. The molecule has 0 unspecified atom stereocenters. The molecule has 1 aliphatic rings. The first kappa shape index (κ1) is 9.50. The first-order chi connectivity index (χ1) is 6.66. The Labute approximate surface area is 85.3 Å². The number of rotatable bonds is 3. The standard InChI is InChI=1S/C12H17NO/c1-8(2)11-6-9(3)7-13-12(11)14-10-4-5-10/h6-8,10H,4-5H2,1-3H3. The lowest BCUT2D eigenvalue weighted by Gasteiger charge is -2.12. The number of aryl methyl sites for hydroxylation is 1. The lowest BCUT2D eigenvalue weighted by Crippen LogP contribution is -2.03. The van der Waals surface area contributed by atoms with Gasteiger partial charge in [0, 0.05) is 11.8 Å². The fraction of sp³-hybridized carbons (Fsp3) is 0.583. The third-order valence-electron chi connectivity index (χ3n) is 2.44. The smallest absolute Gasteiger partial charge is 0.217 e. The second kappa shape index (κ2) is 3.60. The van der Waals surface area contributed by atoms with Gasteiger partial charge in [0.2, 0.25) is 5.88 Å². The largest absolute Gasteiger partial charge is 0.474 e. The highest BCUT2D eigenvalue weighted by Gasteiger charge is 2.25. The minimum absolute atomic E-state index is 0.433. The van der Waals surface area contributed by atoms with Gasteiger partial charge in [-0.1, -0.05) is 13.8 Å². The summed E-state index contributed by atoms with van der Waals surface area (Å²) >= 11 is 0. The van der Waals surface area contributed by atoms with Crippen LogP contribution in [0.25, 0.3) is 0 Å². The van der Waals surface area contributed by atoms with Crippen LogP contribution < -0.4 is 4.74 Å². The van der Waals surface area contributed by atoms with E-state index in [4.69, 9.17) is 4.74 Å². The predicted octanol–water partition coefficient (Wildman–Crippen LogP) is 3.05. The van der Waals surface area contributed by atoms with Crippen LogP contribution in [0, 0.1) is 6.92 Å². The number of ether oxygens (including phenoxy) is 1. The van der Waals surface area contributed by atoms with Crippen molar-refractivity contribution in [1.29, 1.82) is 0 Å². The molecular formula is C12H17NO. The molecule has 0 saturated heterocycles. The third-order valence-corrected chi connectivity index (χ3v) is 2.44. The van der Waals surface area contributed by atoms with E-state index in [1.807, 2.05) is 6.20 Å². The Morgan fingerprint density at radius 3 is 2.71 bits per heavy atom. The van der Waals surface area contributed by atoms with Crippen LogP contribution in [-0.4, -0.2) is 11.1 Å². The maximum absolute atomic E-state index is 5.76. The Kier molecular flexibility index (Phi) is 2.44. The van der Waals surface area contributed by atoms with Gasteiger partial charge in [-0.2, -0.15) is 0 Å². The summed E-state index contributed by atoms with van der Waals surface area (Å²) in [7, 11) is 0. The number of pyridine rings is 1. The highest BCUT2D eigenvalue weighted by Crippen LogP contribution is 2.31. The molecule has 0 N–H and O–H groups in total. The third kappa shape index (κ3) is 2.06. The van der Waals surface area contributed by atoms with Crippen molar-refractivity contribution < 1.29 is 4.74 Å². The molecule has 1 aromatic heterocycles. The minimum Gasteiger partial charge on any atom is -0.474 e. The molecule has 2 heteroatoms. The van der Waals surface area contributed by atoms with E-state index in [0.717, 1.165) is 5.88 Å². The summed E-state index contributed by atoms with van der Waals surface area (Å²) in [6.45, 7) is 6.42. The van der Waals surface area contributed by atoms with E-state index < -0.39 is 0 Å². The Hall–Kier alpha value is -1.05. The van der Waals surface area contributed by atoms with Gasteiger partial charge in [-0.05, 0) is 37.3 Å². The molecular weight excluding hydrogens is 174 g/mol. The molecule has 1 aromatic rings. The fourth-order valence-electron chi connectivity index (χ4n) is 1.44. The SMILES string of the molecule is Cc1cnc(OC2CC2)c(C(C)C)c1. The number of hydrogen-bond acceptors (Lipinski definition) is 2. The average Bonchev–Trinajstić information content (AvgIpc) is 2.91. The van der Waals surface area contributed by atoms with Gasteiger partial charge in [0.15, 0.2) is 0 Å². The van der Waals surface area contributed by atoms with Crippen molar-refractivity contribution in [3.8, 4) is 5.88 Å². The number of nitrogens with zero attached hydrogens (tertiary/aromatic N) is 1. The first-order valence-corrected chi connectivity index (χ1v) is 5.30. The van der Waals surface area contributed by atoms with Crippen LogP contribution in [0.2, 0.25) is 0 Å². The zero-order chi connectivity index (χ0) is 10.1. The Bertz CT molecular complexity index is 329. The van der Waals surface area contributed by atoms with Crippen molar-refractivity contribution in [2.45, 2.75) is 45.6 Å². The van der Waals surface area contributed by atoms with E-state index in [9.17, 15) is 0 Å². The number of aromatic nitrogens is 1. The zero-order valence-corrected chi connectivity index (χ0v) is 9.08. The summed E-state index contributed by atoms with van der Waals surface area (Å²) in [4.78, 5) is 4.36. The lowest BCUT2D eigenvalue weighted by atomic mass is 10.0. The van der Waals surface area contributed by atoms with E-state index in [2.05, 4.69) is 31.8 Å². The molecule has 2 rings (SSSR count). The topological polar surface area (TPSA) is 22.1 Å². The van der Waals surface area contributed by atoms with Crippen molar-refractivity contribution in [3.05, 3.63) is 23.4 Å². The maximum Gasteiger partial charge on any atom is 0.217 e. The molecule has 2 nitrogen and oxygen atoms in total. The fourth-order valence-corrected chi connectivity index (χ4v) is 1.44. The van der Waals surface area contributed by atoms with Gasteiger partial charge in [-0.25, -0.2) is 4.98 Å². The van der Waals surface area contributed by atoms with E-state index in [0.29, 0.717) is 12.0 Å². The molecule has 1 heterocycles. The van der Waals surface area contributed by atoms with E-state index >= 15 is 0 Å². The summed E-state index contributed by atoms with van der Waals surface area (Å²) in [6, 6.07) is 2.18. The van der Waals surface area contributed by atoms with E-state index in [1.54, 1.807) is 0 Å². The summed E-state index contributed by atoms with van der Waals surface area (Å²) in [5.74, 6) is 1.32. The van der Waals surface area contributed by atoms with Crippen LogP contribution in [0.1, 0.15) is 43.7 Å². The van der Waals surface area contributed by atoms with Gasteiger partial charge in [0.25, 0.3) is 0 Å². The maximum atomic E-state index is 5.76. The van der Waals surface area contributed by atoms with E-state index in [-0.39, 0.29) is 0 Å². The van der Waals surface area contributed by atoms with Gasteiger partial charge >= 0.3 is 0 Å². The summed E-state index contributed by atoms with van der Waals surface area (Å²) < 4.78 is 5.76. The minimum atomic E-state index is 0.433. The van der Waals surface area contributed by atoms with Gasteiger partial charge in [-0.15, -0.1) is 0 Å². The summed E-state index contributed by atoms with van der Waals surface area (Å²) in [6.07, 6.45) is 4.69. The number of hydrogen-bond donors (Lipinski definition) is 0. The molecule has 0 spiro atoms. The molecule has 0 amide bonds. The molecule has 1 aliphatic carbocycles. The van der Waals surface area contributed by atoms with Crippen molar-refractivity contribution in [2.75, 3.05) is 0 Å². The van der Waals surface area contributed by atoms with Crippen LogP contribution in [0.3, 0.4) is 0 Å². The lowest BCUT2D eigenvalue weighted by molar-refractivity contribution is 0.286. The predicted molar refractivity (Wildman–Crippen MR) is 56.7 cm³/mol. The monoisotopic (exact) mass is 191 g/mol. The van der Waals surface area contributed by atoms with Crippen LogP contribution >= 0.6 is 0 Å². The van der Waals surface area contributed by atoms with Gasteiger partial charge in [-0.3, -0.25) is 0 Å². The van der Waals surface area contributed by atoms with Gasteiger partial charge in [0.1, 0.15) is 6.10 Å². The molecule has 76 valence electrons.